The number of nitrogens with zero attached hydrogens (tertiary/aromatic N) is 1. The number of nitro groups is 1. The zero-order valence-corrected chi connectivity index (χ0v) is 14.6. The molecule has 2 rings (SSSR count). The van der Waals surface area contributed by atoms with Gasteiger partial charge in [0.1, 0.15) is 0 Å². The highest BCUT2D eigenvalue weighted by atomic mass is 35.5. The number of non-ortho nitro benzene ring substituents is 1. The highest BCUT2D eigenvalue weighted by molar-refractivity contribution is 7.89. The Labute approximate surface area is 142 Å². The first-order valence-electron chi connectivity index (χ1n) is 7.35. The van der Waals surface area contributed by atoms with Crippen molar-refractivity contribution in [1.82, 2.24) is 10.0 Å². The zero-order valence-electron chi connectivity index (χ0n) is 12.9. The van der Waals surface area contributed by atoms with Crippen molar-refractivity contribution in [3.63, 3.8) is 0 Å². The molecule has 0 aliphatic carbocycles. The van der Waals surface area contributed by atoms with E-state index in [9.17, 15) is 18.5 Å². The molecule has 1 aromatic carbocycles. The van der Waals surface area contributed by atoms with Crippen LogP contribution in [0, 0.1) is 23.0 Å². The van der Waals surface area contributed by atoms with Gasteiger partial charge in [-0.3, -0.25) is 10.1 Å². The smallest absolute Gasteiger partial charge is 0.270 e. The summed E-state index contributed by atoms with van der Waals surface area (Å²) >= 11 is 0. The number of halogens is 1. The molecule has 1 saturated heterocycles. The van der Waals surface area contributed by atoms with Gasteiger partial charge < -0.3 is 5.32 Å². The highest BCUT2D eigenvalue weighted by Crippen LogP contribution is 2.22. The number of piperidine rings is 1. The van der Waals surface area contributed by atoms with Gasteiger partial charge in [-0.15, -0.1) is 12.4 Å². The Kier molecular flexibility index (Phi) is 7.40. The lowest BCUT2D eigenvalue weighted by molar-refractivity contribution is -0.385. The third-order valence-corrected chi connectivity index (χ3v) is 5.52. The van der Waals surface area contributed by atoms with Crippen LogP contribution in [0.3, 0.4) is 0 Å². The lowest BCUT2D eigenvalue weighted by Crippen LogP contribution is -2.33. The Balaban J connectivity index is 0.00000264. The first kappa shape index (κ1) is 19.8. The van der Waals surface area contributed by atoms with E-state index in [4.69, 9.17) is 0 Å². The molecule has 1 unspecified atom stereocenters. The Morgan fingerprint density at radius 1 is 1.43 bits per heavy atom. The van der Waals surface area contributed by atoms with Crippen molar-refractivity contribution in [1.29, 1.82) is 0 Å². The van der Waals surface area contributed by atoms with Crippen LogP contribution < -0.4 is 10.0 Å². The quantitative estimate of drug-likeness (QED) is 0.594. The molecule has 2 N–H and O–H groups in total. The van der Waals surface area contributed by atoms with Crippen LogP contribution in [0.4, 0.5) is 5.69 Å². The van der Waals surface area contributed by atoms with Gasteiger partial charge in [-0.05, 0) is 50.8 Å². The van der Waals surface area contributed by atoms with E-state index in [0.717, 1.165) is 38.4 Å². The van der Waals surface area contributed by atoms with Gasteiger partial charge in [-0.25, -0.2) is 13.1 Å². The first-order chi connectivity index (χ1) is 10.4. The van der Waals surface area contributed by atoms with Crippen molar-refractivity contribution in [3.8, 4) is 0 Å². The minimum Gasteiger partial charge on any atom is -0.316 e. The molecule has 1 aliphatic rings. The van der Waals surface area contributed by atoms with Crippen LogP contribution >= 0.6 is 12.4 Å². The summed E-state index contributed by atoms with van der Waals surface area (Å²) < 4.78 is 27.2. The van der Waals surface area contributed by atoms with E-state index in [-0.39, 0.29) is 23.0 Å². The fraction of sp³-hybridized carbons (Fsp3) is 0.571. The molecular weight excluding hydrogens is 342 g/mol. The number of nitrogens with one attached hydrogen (secondary N) is 2. The predicted molar refractivity (Wildman–Crippen MR) is 90.5 cm³/mol. The lowest BCUT2D eigenvalue weighted by Gasteiger charge is -2.22. The summed E-state index contributed by atoms with van der Waals surface area (Å²) in [5.41, 5.74) is 0.278. The molecule has 0 aromatic heterocycles. The fourth-order valence-electron chi connectivity index (χ4n) is 2.64. The third kappa shape index (κ3) is 5.42. The molecule has 0 saturated carbocycles. The summed E-state index contributed by atoms with van der Waals surface area (Å²) in [4.78, 5) is 10.2. The van der Waals surface area contributed by atoms with E-state index in [2.05, 4.69) is 10.0 Å². The largest absolute Gasteiger partial charge is 0.316 e. The minimum atomic E-state index is -3.72. The van der Waals surface area contributed by atoms with E-state index < -0.39 is 14.9 Å². The van der Waals surface area contributed by atoms with Crippen LogP contribution in [0.1, 0.15) is 24.8 Å². The highest BCUT2D eigenvalue weighted by Gasteiger charge is 2.21. The topological polar surface area (TPSA) is 101 Å². The molecule has 7 nitrogen and oxygen atoms in total. The van der Waals surface area contributed by atoms with Gasteiger partial charge in [0, 0.05) is 18.7 Å². The van der Waals surface area contributed by atoms with Gasteiger partial charge in [0.25, 0.3) is 5.69 Å². The van der Waals surface area contributed by atoms with Crippen LogP contribution in [-0.4, -0.2) is 33.0 Å². The number of sulfonamides is 1. The normalized spacial score (nSPS) is 18.2. The molecule has 130 valence electrons. The summed E-state index contributed by atoms with van der Waals surface area (Å²) in [5, 5.41) is 14.1. The van der Waals surface area contributed by atoms with Gasteiger partial charge in [-0.1, -0.05) is 6.07 Å². The summed E-state index contributed by atoms with van der Waals surface area (Å²) in [7, 11) is -3.72. The maximum Gasteiger partial charge on any atom is 0.270 e. The number of hydrogen-bond acceptors (Lipinski definition) is 5. The summed E-state index contributed by atoms with van der Waals surface area (Å²) in [6.45, 7) is 3.91. The number of aryl methyl sites for hydroxylation is 1. The van der Waals surface area contributed by atoms with Crippen molar-refractivity contribution < 1.29 is 13.3 Å². The van der Waals surface area contributed by atoms with E-state index in [0.29, 0.717) is 18.0 Å². The average Bonchev–Trinajstić information content (AvgIpc) is 2.48. The van der Waals surface area contributed by atoms with E-state index in [1.54, 1.807) is 6.92 Å². The van der Waals surface area contributed by atoms with Crippen molar-refractivity contribution in [2.24, 2.45) is 5.92 Å². The molecule has 1 aliphatic heterocycles. The Hall–Kier alpha value is -1.22. The second kappa shape index (κ2) is 8.58. The van der Waals surface area contributed by atoms with Crippen LogP contribution in [0.15, 0.2) is 23.1 Å². The Morgan fingerprint density at radius 3 is 2.78 bits per heavy atom. The number of hydrogen-bond donors (Lipinski definition) is 2. The van der Waals surface area contributed by atoms with Crippen LogP contribution in [0.2, 0.25) is 0 Å². The van der Waals surface area contributed by atoms with E-state index >= 15 is 0 Å². The molecule has 1 heterocycles. The third-order valence-electron chi connectivity index (χ3n) is 3.92. The molecule has 9 heteroatoms. The van der Waals surface area contributed by atoms with Gasteiger partial charge in [0.15, 0.2) is 0 Å². The molecule has 0 bridgehead atoms. The van der Waals surface area contributed by atoms with Gasteiger partial charge in [0.2, 0.25) is 10.0 Å². The Bertz CT molecular complexity index is 645. The van der Waals surface area contributed by atoms with Crippen LogP contribution in [0.5, 0.6) is 0 Å². The average molecular weight is 364 g/mol. The molecule has 1 aromatic rings. The molecule has 23 heavy (non-hydrogen) atoms. The number of rotatable bonds is 6. The number of benzene rings is 1. The van der Waals surface area contributed by atoms with Gasteiger partial charge >= 0.3 is 0 Å². The fourth-order valence-corrected chi connectivity index (χ4v) is 3.95. The maximum absolute atomic E-state index is 12.3. The second-order valence-corrected chi connectivity index (χ2v) is 7.34. The van der Waals surface area contributed by atoms with Gasteiger partial charge in [0.05, 0.1) is 9.82 Å². The molecule has 1 fully saturated rings. The summed E-state index contributed by atoms with van der Waals surface area (Å²) in [6, 6.07) is 3.87. The SMILES string of the molecule is Cc1ccc([N+](=O)[O-])cc1S(=O)(=O)NCCC1CCCNC1.Cl. The maximum atomic E-state index is 12.3. The molecule has 0 amide bonds. The second-order valence-electron chi connectivity index (χ2n) is 5.61. The molecule has 0 radical (unpaired) electrons. The zero-order chi connectivity index (χ0) is 16.2. The minimum absolute atomic E-state index is 0. The Morgan fingerprint density at radius 2 is 2.17 bits per heavy atom. The summed E-state index contributed by atoms with van der Waals surface area (Å²) in [5.74, 6) is 0.475. The van der Waals surface area contributed by atoms with Crippen molar-refractivity contribution in [2.45, 2.75) is 31.1 Å². The lowest BCUT2D eigenvalue weighted by atomic mass is 9.96. The molecule has 1 atom stereocenters. The summed E-state index contributed by atoms with van der Waals surface area (Å²) in [6.07, 6.45) is 2.98. The predicted octanol–water partition coefficient (Wildman–Crippen LogP) is 1.99. The standard InChI is InChI=1S/C14H21N3O4S.ClH/c1-11-4-5-13(17(18)19)9-14(11)22(20,21)16-8-6-12-3-2-7-15-10-12;/h4-5,9,12,15-16H,2-3,6-8,10H2,1H3;1H. The monoisotopic (exact) mass is 363 g/mol. The van der Waals surface area contributed by atoms with Crippen molar-refractivity contribution in [2.75, 3.05) is 19.6 Å². The van der Waals surface area contributed by atoms with Gasteiger partial charge in [-0.2, -0.15) is 0 Å². The van der Waals surface area contributed by atoms with Crippen molar-refractivity contribution >= 4 is 28.1 Å². The van der Waals surface area contributed by atoms with Crippen LogP contribution in [-0.2, 0) is 10.0 Å². The van der Waals surface area contributed by atoms with E-state index in [1.165, 1.54) is 12.1 Å². The van der Waals surface area contributed by atoms with Crippen LogP contribution in [0.25, 0.3) is 0 Å². The van der Waals surface area contributed by atoms with Crippen molar-refractivity contribution in [3.05, 3.63) is 33.9 Å². The number of nitro benzene ring substituents is 1. The first-order valence-corrected chi connectivity index (χ1v) is 8.84. The van der Waals surface area contributed by atoms with E-state index in [1.807, 2.05) is 0 Å². The molecular formula is C14H22ClN3O4S. The molecule has 0 spiro atoms.